The van der Waals surface area contributed by atoms with Crippen LogP contribution in [0.5, 0.6) is 0 Å². The first-order valence-corrected chi connectivity index (χ1v) is 7.35. The maximum absolute atomic E-state index is 3.76. The van der Waals surface area contributed by atoms with E-state index < -0.39 is 8.07 Å². The fourth-order valence-electron chi connectivity index (χ4n) is 0.541. The molecule has 0 aromatic rings. The molecule has 12 heavy (non-hydrogen) atoms. The minimum atomic E-state index is -1.09. The standard InChI is InChI=1S/C9H17Si.BrH.Mg/c1-5-6-7-8-9-10(2,3)4;;/h1,5-7H2,2-4H3;1H;/q-1;;+2/p-1. The van der Waals surface area contributed by atoms with Crippen LogP contribution >= 0.6 is 0 Å². The zero-order valence-corrected chi connectivity index (χ0v) is 12.4. The maximum Gasteiger partial charge on any atom is 2.00 e. The van der Waals surface area contributed by atoms with Crippen LogP contribution in [-0.2, 0) is 0 Å². The quantitative estimate of drug-likeness (QED) is 0.271. The molecule has 0 spiro atoms. The third-order valence-electron chi connectivity index (χ3n) is 1.02. The van der Waals surface area contributed by atoms with Gasteiger partial charge in [0.25, 0.3) is 0 Å². The van der Waals surface area contributed by atoms with Crippen molar-refractivity contribution in [3.05, 3.63) is 6.92 Å². The van der Waals surface area contributed by atoms with Crippen molar-refractivity contribution < 1.29 is 17.0 Å². The average molecular weight is 258 g/mol. The Labute approximate surface area is 105 Å². The monoisotopic (exact) mass is 256 g/mol. The third-order valence-corrected chi connectivity index (χ3v) is 1.94. The Morgan fingerprint density at radius 3 is 2.08 bits per heavy atom. The third kappa shape index (κ3) is 17.2. The van der Waals surface area contributed by atoms with Crippen LogP contribution < -0.4 is 17.0 Å². The van der Waals surface area contributed by atoms with Gasteiger partial charge in [-0.15, -0.1) is 11.5 Å². The molecule has 0 rings (SSSR count). The van der Waals surface area contributed by atoms with E-state index in [1.165, 1.54) is 0 Å². The Balaban J connectivity index is -0.000000405. The van der Waals surface area contributed by atoms with Gasteiger partial charge in [0.2, 0.25) is 0 Å². The first kappa shape index (κ1) is 18.7. The Bertz CT molecular complexity index is 141. The van der Waals surface area contributed by atoms with E-state index in [1.54, 1.807) is 0 Å². The van der Waals surface area contributed by atoms with Gasteiger partial charge in [0.05, 0.1) is 0 Å². The first-order valence-electron chi connectivity index (χ1n) is 3.85. The molecule has 0 aromatic carbocycles. The number of hydrogen-bond donors (Lipinski definition) is 0. The fraction of sp³-hybridized carbons (Fsp3) is 0.667. The van der Waals surface area contributed by atoms with Crippen LogP contribution in [0, 0.1) is 18.4 Å². The van der Waals surface area contributed by atoms with Gasteiger partial charge in [0.15, 0.2) is 0 Å². The summed E-state index contributed by atoms with van der Waals surface area (Å²) in [5.74, 6) is 3.20. The second-order valence-corrected chi connectivity index (χ2v) is 8.26. The molecule has 0 amide bonds. The minimum absolute atomic E-state index is 0. The van der Waals surface area contributed by atoms with E-state index in [2.05, 4.69) is 38.0 Å². The topological polar surface area (TPSA) is 0 Å². The van der Waals surface area contributed by atoms with Gasteiger partial charge in [0, 0.05) is 6.42 Å². The van der Waals surface area contributed by atoms with Crippen LogP contribution in [0.25, 0.3) is 0 Å². The van der Waals surface area contributed by atoms with Crippen molar-refractivity contribution >= 4 is 31.1 Å². The van der Waals surface area contributed by atoms with Crippen molar-refractivity contribution in [1.82, 2.24) is 0 Å². The molecule has 0 saturated carbocycles. The summed E-state index contributed by atoms with van der Waals surface area (Å²) in [6.07, 6.45) is 3.20. The molecule has 0 aromatic heterocycles. The van der Waals surface area contributed by atoms with Crippen LogP contribution in [-0.4, -0.2) is 31.1 Å². The van der Waals surface area contributed by atoms with Gasteiger partial charge in [-0.05, 0) is 0 Å². The van der Waals surface area contributed by atoms with Gasteiger partial charge >= 0.3 is 23.1 Å². The molecule has 0 nitrogen and oxygen atoms in total. The van der Waals surface area contributed by atoms with E-state index in [9.17, 15) is 0 Å². The fourth-order valence-corrected chi connectivity index (χ4v) is 1.20. The van der Waals surface area contributed by atoms with Crippen molar-refractivity contribution in [3.8, 4) is 11.5 Å². The maximum atomic E-state index is 3.76. The molecular formula is C9H17BrMgSi. The summed E-state index contributed by atoms with van der Waals surface area (Å²) in [5, 5.41) is 0. The number of hydrogen-bond acceptors (Lipinski definition) is 0. The molecule has 0 unspecified atom stereocenters. The Morgan fingerprint density at radius 1 is 1.25 bits per heavy atom. The molecule has 0 aliphatic heterocycles. The Kier molecular flexibility index (Phi) is 15.8. The van der Waals surface area contributed by atoms with E-state index in [4.69, 9.17) is 0 Å². The number of unbranched alkanes of at least 4 members (excludes halogenated alkanes) is 2. The van der Waals surface area contributed by atoms with Crippen LogP contribution in [0.3, 0.4) is 0 Å². The molecule has 0 radical (unpaired) electrons. The van der Waals surface area contributed by atoms with Crippen LogP contribution in [0.1, 0.15) is 19.3 Å². The van der Waals surface area contributed by atoms with Gasteiger partial charge in [-0.1, -0.05) is 26.1 Å². The summed E-state index contributed by atoms with van der Waals surface area (Å²) in [4.78, 5) is 0. The summed E-state index contributed by atoms with van der Waals surface area (Å²) in [5.41, 5.74) is 3.32. The molecule has 3 heteroatoms. The molecule has 0 N–H and O–H groups in total. The van der Waals surface area contributed by atoms with Crippen molar-refractivity contribution in [2.24, 2.45) is 0 Å². The molecule has 0 aliphatic carbocycles. The smallest absolute Gasteiger partial charge is 1.00 e. The molecule has 66 valence electrons. The molecule has 0 bridgehead atoms. The zero-order chi connectivity index (χ0) is 8.04. The van der Waals surface area contributed by atoms with Crippen LogP contribution in [0.4, 0.5) is 0 Å². The van der Waals surface area contributed by atoms with Gasteiger partial charge in [-0.25, -0.2) is 0 Å². The average Bonchev–Trinajstić information content (AvgIpc) is 1.78. The van der Waals surface area contributed by atoms with E-state index in [0.717, 1.165) is 19.3 Å². The first-order chi connectivity index (χ1) is 4.56. The summed E-state index contributed by atoms with van der Waals surface area (Å²) < 4.78 is 0. The van der Waals surface area contributed by atoms with Crippen LogP contribution in [0.15, 0.2) is 0 Å². The summed E-state index contributed by atoms with van der Waals surface area (Å²) in [7, 11) is -1.09. The van der Waals surface area contributed by atoms with Gasteiger partial charge < -0.3 is 23.9 Å². The van der Waals surface area contributed by atoms with Crippen molar-refractivity contribution in [3.63, 3.8) is 0 Å². The number of rotatable bonds is 2. The molecule has 0 atom stereocenters. The SMILES string of the molecule is [Br-].[CH2-]CCCC#C[Si](C)(C)C.[Mg+2]. The van der Waals surface area contributed by atoms with Gasteiger partial charge in [-0.2, -0.15) is 6.42 Å². The van der Waals surface area contributed by atoms with Crippen molar-refractivity contribution in [2.75, 3.05) is 0 Å². The van der Waals surface area contributed by atoms with Crippen LogP contribution in [0.2, 0.25) is 19.6 Å². The predicted molar refractivity (Wildman–Crippen MR) is 56.1 cm³/mol. The summed E-state index contributed by atoms with van der Waals surface area (Å²) >= 11 is 0. The Morgan fingerprint density at radius 2 is 1.75 bits per heavy atom. The largest absolute Gasteiger partial charge is 2.00 e. The zero-order valence-electron chi connectivity index (χ0n) is 8.41. The van der Waals surface area contributed by atoms with E-state index >= 15 is 0 Å². The molecule has 0 saturated heterocycles. The second kappa shape index (κ2) is 10.1. The molecule has 0 fully saturated rings. The summed E-state index contributed by atoms with van der Waals surface area (Å²) in [6, 6.07) is 0. The second-order valence-electron chi connectivity index (χ2n) is 3.51. The van der Waals surface area contributed by atoms with E-state index in [0.29, 0.717) is 0 Å². The molecule has 0 heterocycles. The number of halogens is 1. The molecule has 0 aliphatic rings. The van der Waals surface area contributed by atoms with Gasteiger partial charge in [0.1, 0.15) is 8.07 Å². The molecular weight excluding hydrogens is 240 g/mol. The minimum Gasteiger partial charge on any atom is -1.00 e. The van der Waals surface area contributed by atoms with E-state index in [-0.39, 0.29) is 40.0 Å². The van der Waals surface area contributed by atoms with Crippen molar-refractivity contribution in [1.29, 1.82) is 0 Å². The Hall–Kier alpha value is 1.02. The normalized spacial score (nSPS) is 8.67. The van der Waals surface area contributed by atoms with Crippen molar-refractivity contribution in [2.45, 2.75) is 38.9 Å². The van der Waals surface area contributed by atoms with Gasteiger partial charge in [-0.3, -0.25) is 0 Å². The predicted octanol–water partition coefficient (Wildman–Crippen LogP) is -0.505. The van der Waals surface area contributed by atoms with E-state index in [1.807, 2.05) is 0 Å². The summed E-state index contributed by atoms with van der Waals surface area (Å²) in [6.45, 7) is 10.6.